The number of carbonyl (C=O) groups is 3. The molecule has 0 saturated carbocycles. The van der Waals surface area contributed by atoms with Crippen molar-refractivity contribution in [2.24, 2.45) is 5.92 Å². The zero-order valence-corrected chi connectivity index (χ0v) is 14.1. The van der Waals surface area contributed by atoms with Crippen LogP contribution in [0.2, 0.25) is 0 Å². The lowest BCUT2D eigenvalue weighted by atomic mass is 9.97. The minimum absolute atomic E-state index is 0.0824. The molecule has 0 aliphatic carbocycles. The Balaban J connectivity index is 2.46. The van der Waals surface area contributed by atoms with Crippen molar-refractivity contribution < 1.29 is 19.1 Å². The van der Waals surface area contributed by atoms with Crippen molar-refractivity contribution in [3.63, 3.8) is 0 Å². The molecular weight excluding hydrogens is 308 g/mol. The van der Waals surface area contributed by atoms with Crippen LogP contribution in [0.25, 0.3) is 5.70 Å². The Hall–Kier alpha value is -2.63. The van der Waals surface area contributed by atoms with Crippen LogP contribution in [0.3, 0.4) is 0 Å². The minimum Gasteiger partial charge on any atom is -0.465 e. The van der Waals surface area contributed by atoms with Gasteiger partial charge < -0.3 is 9.64 Å². The van der Waals surface area contributed by atoms with Crippen LogP contribution >= 0.6 is 0 Å². The van der Waals surface area contributed by atoms with Crippen molar-refractivity contribution in [1.29, 1.82) is 0 Å². The van der Waals surface area contributed by atoms with Crippen molar-refractivity contribution in [3.8, 4) is 0 Å². The Morgan fingerprint density at radius 3 is 2.50 bits per heavy atom. The molecular formula is C18H22N2O4. The summed E-state index contributed by atoms with van der Waals surface area (Å²) in [7, 11) is 0. The minimum atomic E-state index is -0.635. The normalized spacial score (nSPS) is 17.8. The molecule has 1 unspecified atom stereocenters. The van der Waals surface area contributed by atoms with E-state index in [4.69, 9.17) is 4.74 Å². The van der Waals surface area contributed by atoms with Gasteiger partial charge in [0.15, 0.2) is 0 Å². The van der Waals surface area contributed by atoms with Gasteiger partial charge in [0.05, 0.1) is 12.3 Å². The van der Waals surface area contributed by atoms with Crippen molar-refractivity contribution >= 4 is 24.0 Å². The molecule has 1 atom stereocenters. The van der Waals surface area contributed by atoms with E-state index < -0.39 is 12.0 Å². The first-order valence-corrected chi connectivity index (χ1v) is 7.96. The van der Waals surface area contributed by atoms with Crippen LogP contribution in [0.15, 0.2) is 36.5 Å². The summed E-state index contributed by atoms with van der Waals surface area (Å²) in [5.74, 6) is -0.845. The van der Waals surface area contributed by atoms with Crippen LogP contribution in [-0.4, -0.2) is 47.3 Å². The second-order valence-electron chi connectivity index (χ2n) is 5.85. The van der Waals surface area contributed by atoms with Crippen LogP contribution < -0.4 is 0 Å². The van der Waals surface area contributed by atoms with Crippen molar-refractivity contribution in [3.05, 3.63) is 42.1 Å². The molecule has 1 heterocycles. The number of hydrogen-bond acceptors (Lipinski definition) is 4. The highest BCUT2D eigenvalue weighted by Crippen LogP contribution is 2.28. The van der Waals surface area contributed by atoms with Gasteiger partial charge in [0.2, 0.25) is 6.41 Å². The maximum atomic E-state index is 12.9. The number of nitrogens with zero attached hydrogens (tertiary/aromatic N) is 2. The second kappa shape index (κ2) is 7.77. The largest absolute Gasteiger partial charge is 0.465 e. The Labute approximate surface area is 141 Å². The van der Waals surface area contributed by atoms with Crippen molar-refractivity contribution in [2.45, 2.75) is 26.8 Å². The van der Waals surface area contributed by atoms with Crippen LogP contribution in [-0.2, 0) is 19.1 Å². The SMILES string of the molecule is CCOC(=O)CN1C(=O)C(C(C)C)N(C=O)C=C1c1ccccc1. The van der Waals surface area contributed by atoms with E-state index in [1.54, 1.807) is 13.1 Å². The van der Waals surface area contributed by atoms with Crippen LogP contribution in [0.4, 0.5) is 0 Å². The van der Waals surface area contributed by atoms with Gasteiger partial charge in [-0.3, -0.25) is 19.3 Å². The van der Waals surface area contributed by atoms with Crippen molar-refractivity contribution in [2.75, 3.05) is 13.2 Å². The van der Waals surface area contributed by atoms with Gasteiger partial charge in [-0.25, -0.2) is 0 Å². The van der Waals surface area contributed by atoms with Gasteiger partial charge in [-0.05, 0) is 18.4 Å². The van der Waals surface area contributed by atoms with Gasteiger partial charge in [-0.1, -0.05) is 44.2 Å². The monoisotopic (exact) mass is 330 g/mol. The number of rotatable bonds is 6. The summed E-state index contributed by atoms with van der Waals surface area (Å²) in [6, 6.07) is 8.56. The number of amides is 2. The quantitative estimate of drug-likeness (QED) is 0.590. The van der Waals surface area contributed by atoms with E-state index in [1.165, 1.54) is 9.80 Å². The van der Waals surface area contributed by atoms with E-state index in [1.807, 2.05) is 44.2 Å². The number of esters is 1. The summed E-state index contributed by atoms with van der Waals surface area (Å²) in [5, 5.41) is 0. The topological polar surface area (TPSA) is 66.9 Å². The Bertz CT molecular complexity index is 640. The van der Waals surface area contributed by atoms with E-state index in [-0.39, 0.29) is 25.0 Å². The molecule has 1 aromatic rings. The molecule has 0 spiro atoms. The van der Waals surface area contributed by atoms with E-state index in [0.29, 0.717) is 12.1 Å². The third kappa shape index (κ3) is 3.64. The molecule has 128 valence electrons. The molecule has 0 saturated heterocycles. The molecule has 6 heteroatoms. The first-order valence-electron chi connectivity index (χ1n) is 7.96. The summed E-state index contributed by atoms with van der Waals surface area (Å²) >= 11 is 0. The van der Waals surface area contributed by atoms with Gasteiger partial charge >= 0.3 is 5.97 Å². The zero-order valence-electron chi connectivity index (χ0n) is 14.1. The van der Waals surface area contributed by atoms with Crippen LogP contribution in [0.5, 0.6) is 0 Å². The molecule has 0 N–H and O–H groups in total. The molecule has 24 heavy (non-hydrogen) atoms. The first-order chi connectivity index (χ1) is 11.5. The summed E-state index contributed by atoms with van der Waals surface area (Å²) < 4.78 is 4.98. The summed E-state index contributed by atoms with van der Waals surface area (Å²) in [6.45, 7) is 5.52. The molecule has 0 fully saturated rings. The maximum absolute atomic E-state index is 12.9. The summed E-state index contributed by atoms with van der Waals surface area (Å²) in [5.41, 5.74) is 1.27. The number of benzene rings is 1. The third-order valence-corrected chi connectivity index (χ3v) is 3.82. The van der Waals surface area contributed by atoms with Gasteiger partial charge in [-0.2, -0.15) is 0 Å². The lowest BCUT2D eigenvalue weighted by Crippen LogP contribution is -2.53. The average molecular weight is 330 g/mol. The van der Waals surface area contributed by atoms with Crippen molar-refractivity contribution in [1.82, 2.24) is 9.80 Å². The molecule has 2 amide bonds. The molecule has 0 aromatic heterocycles. The molecule has 0 bridgehead atoms. The Kier molecular flexibility index (Phi) is 5.73. The number of ether oxygens (including phenoxy) is 1. The van der Waals surface area contributed by atoms with E-state index in [9.17, 15) is 14.4 Å². The fraction of sp³-hybridized carbons (Fsp3) is 0.389. The highest BCUT2D eigenvalue weighted by Gasteiger charge is 2.38. The highest BCUT2D eigenvalue weighted by atomic mass is 16.5. The smallest absolute Gasteiger partial charge is 0.326 e. The molecule has 1 aliphatic rings. The second-order valence-corrected chi connectivity index (χ2v) is 5.85. The fourth-order valence-corrected chi connectivity index (χ4v) is 2.76. The number of carbonyl (C=O) groups excluding carboxylic acids is 3. The lowest BCUT2D eigenvalue weighted by Gasteiger charge is -2.39. The fourth-order valence-electron chi connectivity index (χ4n) is 2.76. The van der Waals surface area contributed by atoms with E-state index >= 15 is 0 Å². The van der Waals surface area contributed by atoms with E-state index in [0.717, 1.165) is 5.56 Å². The average Bonchev–Trinajstić information content (AvgIpc) is 2.56. The molecule has 2 rings (SSSR count). The van der Waals surface area contributed by atoms with Gasteiger partial charge in [0.25, 0.3) is 5.91 Å². The first kappa shape index (κ1) is 17.7. The zero-order chi connectivity index (χ0) is 17.7. The summed E-state index contributed by atoms with van der Waals surface area (Å²) in [4.78, 5) is 39.1. The van der Waals surface area contributed by atoms with E-state index in [2.05, 4.69) is 0 Å². The van der Waals surface area contributed by atoms with Crippen LogP contribution in [0, 0.1) is 5.92 Å². The standard InChI is InChI=1S/C18H22N2O4/c1-4-24-16(22)11-20-15(14-8-6-5-7-9-14)10-19(12-21)17(13(2)3)18(20)23/h5-10,12-13,17H,4,11H2,1-3H3. The van der Waals surface area contributed by atoms with Gasteiger partial charge in [0.1, 0.15) is 12.6 Å². The third-order valence-electron chi connectivity index (χ3n) is 3.82. The predicted molar refractivity (Wildman–Crippen MR) is 89.3 cm³/mol. The summed E-state index contributed by atoms with van der Waals surface area (Å²) in [6.07, 6.45) is 2.26. The maximum Gasteiger partial charge on any atom is 0.326 e. The molecule has 1 aliphatic heterocycles. The highest BCUT2D eigenvalue weighted by molar-refractivity contribution is 5.97. The molecule has 6 nitrogen and oxygen atoms in total. The Morgan fingerprint density at radius 2 is 1.96 bits per heavy atom. The predicted octanol–water partition coefficient (Wildman–Crippen LogP) is 1.87. The van der Waals surface area contributed by atoms with Gasteiger partial charge in [-0.15, -0.1) is 0 Å². The molecule has 1 aromatic carbocycles. The van der Waals surface area contributed by atoms with Crippen LogP contribution in [0.1, 0.15) is 26.3 Å². The molecule has 0 radical (unpaired) electrons. The number of hydrogen-bond donors (Lipinski definition) is 0. The Morgan fingerprint density at radius 1 is 1.29 bits per heavy atom. The van der Waals surface area contributed by atoms with Gasteiger partial charge in [0, 0.05) is 6.20 Å². The lowest BCUT2D eigenvalue weighted by molar-refractivity contribution is -0.149.